The fourth-order valence-corrected chi connectivity index (χ4v) is 3.50. The lowest BCUT2D eigenvalue weighted by Crippen LogP contribution is -2.74. The molecule has 1 saturated heterocycles. The maximum atomic E-state index is 12.1. The van der Waals surface area contributed by atoms with E-state index in [0.717, 1.165) is 25.9 Å². The Morgan fingerprint density at radius 2 is 2.09 bits per heavy atom. The van der Waals surface area contributed by atoms with E-state index in [2.05, 4.69) is 17.6 Å². The summed E-state index contributed by atoms with van der Waals surface area (Å²) in [5.74, 6) is 0.369. The molecule has 1 aliphatic carbocycles. The fraction of sp³-hybridized carbons (Fsp3) is 0.941. The van der Waals surface area contributed by atoms with Crippen LogP contribution in [-0.2, 0) is 14.2 Å². The van der Waals surface area contributed by atoms with Gasteiger partial charge in [0.2, 0.25) is 0 Å². The fourth-order valence-electron chi connectivity index (χ4n) is 3.50. The predicted octanol–water partition coefficient (Wildman–Crippen LogP) is 2.07. The normalized spacial score (nSPS) is 31.7. The van der Waals surface area contributed by atoms with Gasteiger partial charge in [-0.15, -0.1) is 0 Å². The number of fused-ring (bicyclic) bond motifs is 1. The molecule has 0 radical (unpaired) electrons. The lowest BCUT2D eigenvalue weighted by Gasteiger charge is -2.54. The average Bonchev–Trinajstić information content (AvgIpc) is 2.47. The number of ether oxygens (including phenoxy) is 3. The van der Waals surface area contributed by atoms with Crippen molar-refractivity contribution in [3.05, 3.63) is 0 Å². The van der Waals surface area contributed by atoms with Crippen LogP contribution in [0.25, 0.3) is 0 Å². The van der Waals surface area contributed by atoms with Crippen molar-refractivity contribution in [3.8, 4) is 0 Å². The highest BCUT2D eigenvalue weighted by molar-refractivity contribution is 5.68. The van der Waals surface area contributed by atoms with Crippen LogP contribution in [0.1, 0.15) is 47.0 Å². The molecule has 0 spiro atoms. The second-order valence-corrected chi connectivity index (χ2v) is 7.57. The van der Waals surface area contributed by atoms with Crippen LogP contribution in [0.3, 0.4) is 0 Å². The van der Waals surface area contributed by atoms with Crippen LogP contribution in [0.2, 0.25) is 0 Å². The molecular weight excluding hydrogens is 296 g/mol. The van der Waals surface area contributed by atoms with Crippen molar-refractivity contribution in [1.29, 1.82) is 0 Å². The quantitative estimate of drug-likeness (QED) is 0.781. The van der Waals surface area contributed by atoms with E-state index in [1.54, 1.807) is 7.11 Å². The topological polar surface area (TPSA) is 68.8 Å². The van der Waals surface area contributed by atoms with Crippen LogP contribution in [-0.4, -0.2) is 56.2 Å². The summed E-state index contributed by atoms with van der Waals surface area (Å²) < 4.78 is 16.6. The van der Waals surface area contributed by atoms with Crippen LogP contribution in [0.15, 0.2) is 0 Å². The summed E-state index contributed by atoms with van der Waals surface area (Å²) in [5, 5.41) is 6.65. The molecule has 1 saturated carbocycles. The Morgan fingerprint density at radius 3 is 2.70 bits per heavy atom. The molecule has 0 bridgehead atoms. The number of alkyl carbamates (subject to hydrolysis) is 1. The van der Waals surface area contributed by atoms with E-state index in [1.165, 1.54) is 0 Å². The molecule has 1 amide bonds. The number of hydrogen-bond acceptors (Lipinski definition) is 5. The summed E-state index contributed by atoms with van der Waals surface area (Å²) in [6.45, 7) is 9.22. The van der Waals surface area contributed by atoms with Crippen LogP contribution in [0, 0.1) is 5.92 Å². The zero-order valence-corrected chi connectivity index (χ0v) is 15.1. The third-order valence-electron chi connectivity index (χ3n) is 4.59. The third-order valence-corrected chi connectivity index (χ3v) is 4.59. The van der Waals surface area contributed by atoms with Gasteiger partial charge in [-0.25, -0.2) is 4.79 Å². The van der Waals surface area contributed by atoms with Crippen molar-refractivity contribution in [3.63, 3.8) is 0 Å². The number of nitrogens with one attached hydrogen (secondary N) is 2. The smallest absolute Gasteiger partial charge is 0.407 e. The number of amides is 1. The Hall–Kier alpha value is -0.850. The first-order chi connectivity index (χ1) is 10.9. The minimum absolute atomic E-state index is 0.0565. The van der Waals surface area contributed by atoms with E-state index >= 15 is 0 Å². The van der Waals surface area contributed by atoms with Gasteiger partial charge in [-0.2, -0.15) is 0 Å². The van der Waals surface area contributed by atoms with Gasteiger partial charge in [-0.05, 0) is 40.0 Å². The Kier molecular flexibility index (Phi) is 6.28. The highest BCUT2D eigenvalue weighted by atomic mass is 16.6. The summed E-state index contributed by atoms with van der Waals surface area (Å²) in [6, 6.07) is 0.438. The number of methoxy groups -OCH3 is 1. The zero-order valence-electron chi connectivity index (χ0n) is 15.1. The first-order valence-corrected chi connectivity index (χ1v) is 8.71. The molecule has 2 fully saturated rings. The molecule has 23 heavy (non-hydrogen) atoms. The molecule has 1 heterocycles. The molecule has 0 aromatic carbocycles. The highest BCUT2D eigenvalue weighted by Gasteiger charge is 2.53. The Morgan fingerprint density at radius 1 is 1.35 bits per heavy atom. The van der Waals surface area contributed by atoms with Gasteiger partial charge in [0.15, 0.2) is 0 Å². The number of carbonyl (C=O) groups is 1. The van der Waals surface area contributed by atoms with Gasteiger partial charge in [0, 0.05) is 25.7 Å². The third kappa shape index (κ3) is 4.81. The summed E-state index contributed by atoms with van der Waals surface area (Å²) in [5.41, 5.74) is -0.485. The zero-order chi connectivity index (χ0) is 17.0. The van der Waals surface area contributed by atoms with E-state index < -0.39 is 5.60 Å². The molecule has 6 nitrogen and oxygen atoms in total. The SMILES string of the molecule is CCC(COC)NC1C(NC(=O)OC(C)(C)C)C2CCCOC21. The molecule has 1 aliphatic heterocycles. The summed E-state index contributed by atoms with van der Waals surface area (Å²) in [4.78, 5) is 12.1. The van der Waals surface area contributed by atoms with E-state index in [4.69, 9.17) is 14.2 Å². The maximum Gasteiger partial charge on any atom is 0.407 e. The van der Waals surface area contributed by atoms with Crippen LogP contribution in [0.4, 0.5) is 4.79 Å². The van der Waals surface area contributed by atoms with Crippen molar-refractivity contribution >= 4 is 6.09 Å². The lowest BCUT2D eigenvalue weighted by molar-refractivity contribution is -0.131. The van der Waals surface area contributed by atoms with E-state index in [1.807, 2.05) is 20.8 Å². The molecular formula is C17H32N2O4. The van der Waals surface area contributed by atoms with Gasteiger partial charge in [0.25, 0.3) is 0 Å². The largest absolute Gasteiger partial charge is 0.444 e. The predicted molar refractivity (Wildman–Crippen MR) is 88.5 cm³/mol. The number of rotatable bonds is 6. The molecule has 6 heteroatoms. The molecule has 0 aromatic heterocycles. The van der Waals surface area contributed by atoms with E-state index in [-0.39, 0.29) is 30.3 Å². The minimum atomic E-state index is -0.485. The average molecular weight is 328 g/mol. The van der Waals surface area contributed by atoms with Gasteiger partial charge in [-0.3, -0.25) is 0 Å². The first-order valence-electron chi connectivity index (χ1n) is 8.71. The second-order valence-electron chi connectivity index (χ2n) is 7.57. The van der Waals surface area contributed by atoms with Gasteiger partial charge < -0.3 is 24.8 Å². The molecule has 5 atom stereocenters. The second kappa shape index (κ2) is 7.81. The van der Waals surface area contributed by atoms with E-state index in [0.29, 0.717) is 12.5 Å². The van der Waals surface area contributed by atoms with Gasteiger partial charge in [-0.1, -0.05) is 6.92 Å². The first kappa shape index (κ1) is 18.5. The van der Waals surface area contributed by atoms with Gasteiger partial charge in [0.1, 0.15) is 5.60 Å². The minimum Gasteiger partial charge on any atom is -0.444 e. The molecule has 2 rings (SSSR count). The number of hydrogen-bond donors (Lipinski definition) is 2. The van der Waals surface area contributed by atoms with E-state index in [9.17, 15) is 4.79 Å². The van der Waals surface area contributed by atoms with Crippen molar-refractivity contribution in [2.24, 2.45) is 5.92 Å². The Labute approximate surface area is 139 Å². The van der Waals surface area contributed by atoms with Crippen molar-refractivity contribution in [2.75, 3.05) is 20.3 Å². The molecule has 5 unspecified atom stereocenters. The van der Waals surface area contributed by atoms with Gasteiger partial charge in [0.05, 0.1) is 24.8 Å². The molecule has 134 valence electrons. The monoisotopic (exact) mass is 328 g/mol. The van der Waals surface area contributed by atoms with Crippen LogP contribution < -0.4 is 10.6 Å². The maximum absolute atomic E-state index is 12.1. The summed E-state index contributed by atoms with van der Waals surface area (Å²) in [7, 11) is 1.71. The molecule has 2 aliphatic rings. The van der Waals surface area contributed by atoms with Crippen molar-refractivity contribution in [1.82, 2.24) is 10.6 Å². The lowest BCUT2D eigenvalue weighted by atomic mass is 9.68. The summed E-state index contributed by atoms with van der Waals surface area (Å²) >= 11 is 0. The summed E-state index contributed by atoms with van der Waals surface area (Å²) in [6.07, 6.45) is 2.94. The number of carbonyl (C=O) groups excluding carboxylic acids is 1. The standard InChI is InChI=1S/C17H32N2O4/c1-6-11(10-21-5)18-14-13(12-8-7-9-22-15(12)14)19-16(20)23-17(2,3)4/h11-15,18H,6-10H2,1-5H3,(H,19,20). The Balaban J connectivity index is 1.97. The molecule has 0 aromatic rings. The van der Waals surface area contributed by atoms with Crippen molar-refractivity contribution in [2.45, 2.75) is 76.8 Å². The van der Waals surface area contributed by atoms with Crippen LogP contribution in [0.5, 0.6) is 0 Å². The van der Waals surface area contributed by atoms with Gasteiger partial charge >= 0.3 is 6.09 Å². The molecule has 2 N–H and O–H groups in total. The van der Waals surface area contributed by atoms with Crippen molar-refractivity contribution < 1.29 is 19.0 Å². The van der Waals surface area contributed by atoms with Crippen LogP contribution >= 0.6 is 0 Å². The Bertz CT molecular complexity index is 397. The highest BCUT2D eigenvalue weighted by Crippen LogP contribution is 2.38.